The Kier molecular flexibility index (Phi) is 5.11. The summed E-state index contributed by atoms with van der Waals surface area (Å²) in [5, 5.41) is 13.9. The number of nitrogen functional groups attached to an aromatic ring is 1. The van der Waals surface area contributed by atoms with Gasteiger partial charge in [-0.25, -0.2) is 0 Å². The van der Waals surface area contributed by atoms with Crippen molar-refractivity contribution in [3.05, 3.63) is 53.3 Å². The number of aromatic nitrogens is 3. The van der Waals surface area contributed by atoms with Crippen molar-refractivity contribution in [1.82, 2.24) is 15.0 Å². The minimum Gasteiger partial charge on any atom is -0.368 e. The Balaban J connectivity index is 1.58. The van der Waals surface area contributed by atoms with Crippen molar-refractivity contribution < 1.29 is 4.68 Å². The smallest absolute Gasteiger partial charge is 0.258 e. The molecule has 28 heavy (non-hydrogen) atoms. The van der Waals surface area contributed by atoms with Gasteiger partial charge in [-0.15, -0.1) is 4.68 Å². The van der Waals surface area contributed by atoms with Gasteiger partial charge in [-0.1, -0.05) is 22.8 Å². The molecule has 1 fully saturated rings. The van der Waals surface area contributed by atoms with Gasteiger partial charge in [0.1, 0.15) is 0 Å². The van der Waals surface area contributed by atoms with E-state index in [0.717, 1.165) is 48.3 Å². The predicted octanol–water partition coefficient (Wildman–Crippen LogP) is 1.97. The van der Waals surface area contributed by atoms with Gasteiger partial charge in [0.25, 0.3) is 5.84 Å². The Morgan fingerprint density at radius 1 is 1.18 bits per heavy atom. The maximum atomic E-state index is 8.37. The summed E-state index contributed by atoms with van der Waals surface area (Å²) >= 11 is 5.94. The van der Waals surface area contributed by atoms with Crippen LogP contribution in [0.25, 0.3) is 10.9 Å². The third-order valence-electron chi connectivity index (χ3n) is 5.06. The molecule has 8 heteroatoms. The molecular formula is C20H23ClN7+. The summed E-state index contributed by atoms with van der Waals surface area (Å²) in [7, 11) is 2.15. The topological polar surface area (TPSA) is 86.0 Å². The van der Waals surface area contributed by atoms with Crippen LogP contribution >= 0.6 is 11.6 Å². The van der Waals surface area contributed by atoms with E-state index in [1.165, 1.54) is 4.68 Å². The van der Waals surface area contributed by atoms with Crippen molar-refractivity contribution in [3.63, 3.8) is 0 Å². The van der Waals surface area contributed by atoms with Gasteiger partial charge in [0.15, 0.2) is 5.15 Å². The average molecular weight is 397 g/mol. The van der Waals surface area contributed by atoms with Gasteiger partial charge in [0, 0.05) is 37.6 Å². The van der Waals surface area contributed by atoms with E-state index in [2.05, 4.69) is 39.1 Å². The van der Waals surface area contributed by atoms with E-state index in [1.54, 1.807) is 12.1 Å². The maximum Gasteiger partial charge on any atom is 0.258 e. The van der Waals surface area contributed by atoms with Gasteiger partial charge in [-0.2, -0.15) is 5.41 Å². The van der Waals surface area contributed by atoms with Gasteiger partial charge in [0.05, 0.1) is 23.8 Å². The molecule has 0 atom stereocenters. The average Bonchev–Trinajstić information content (AvgIpc) is 2.70. The molecule has 3 aromatic rings. The molecule has 3 heterocycles. The van der Waals surface area contributed by atoms with Crippen LogP contribution in [-0.2, 0) is 6.42 Å². The summed E-state index contributed by atoms with van der Waals surface area (Å²) in [5.41, 5.74) is 9.02. The summed E-state index contributed by atoms with van der Waals surface area (Å²) in [6.45, 7) is 4.12. The van der Waals surface area contributed by atoms with Gasteiger partial charge in [0.2, 0.25) is 5.82 Å². The molecule has 3 N–H and O–H groups in total. The summed E-state index contributed by atoms with van der Waals surface area (Å²) in [4.78, 5) is 9.32. The van der Waals surface area contributed by atoms with Crippen LogP contribution in [0.3, 0.4) is 0 Å². The molecule has 2 aromatic heterocycles. The monoisotopic (exact) mass is 396 g/mol. The minimum atomic E-state index is 0.266. The Morgan fingerprint density at radius 2 is 1.96 bits per heavy atom. The molecule has 0 radical (unpaired) electrons. The molecule has 0 spiro atoms. The molecule has 7 nitrogen and oxygen atoms in total. The van der Waals surface area contributed by atoms with E-state index in [-0.39, 0.29) is 5.84 Å². The highest BCUT2D eigenvalue weighted by Crippen LogP contribution is 2.22. The first-order valence-electron chi connectivity index (χ1n) is 9.24. The van der Waals surface area contributed by atoms with Crippen molar-refractivity contribution in [2.45, 2.75) is 6.42 Å². The largest absolute Gasteiger partial charge is 0.368 e. The second-order valence-corrected chi connectivity index (χ2v) is 7.51. The first-order valence-corrected chi connectivity index (χ1v) is 9.62. The lowest BCUT2D eigenvalue weighted by molar-refractivity contribution is -0.609. The lowest BCUT2D eigenvalue weighted by atomic mass is 10.1. The molecular weight excluding hydrogens is 374 g/mol. The molecule has 1 saturated heterocycles. The SMILES string of the molecule is CN1CCN(c2cnc3ccc(CC(=N)[n+]4nc(Cl)ccc4N)cc3c2)CC1. The molecule has 4 rings (SSSR count). The number of pyridine rings is 1. The van der Waals surface area contributed by atoms with Crippen LogP contribution in [0.4, 0.5) is 11.5 Å². The number of nitrogens with one attached hydrogen (secondary N) is 1. The molecule has 0 bridgehead atoms. The Morgan fingerprint density at radius 3 is 2.75 bits per heavy atom. The number of nitrogens with zero attached hydrogens (tertiary/aromatic N) is 5. The van der Waals surface area contributed by atoms with E-state index >= 15 is 0 Å². The lowest BCUT2D eigenvalue weighted by Gasteiger charge is -2.33. The van der Waals surface area contributed by atoms with Crippen molar-refractivity contribution in [1.29, 1.82) is 5.41 Å². The second-order valence-electron chi connectivity index (χ2n) is 7.13. The Hall–Kier alpha value is -2.77. The third-order valence-corrected chi connectivity index (χ3v) is 5.26. The van der Waals surface area contributed by atoms with Crippen LogP contribution < -0.4 is 15.3 Å². The van der Waals surface area contributed by atoms with Crippen LogP contribution in [0.15, 0.2) is 42.6 Å². The number of halogens is 1. The van der Waals surface area contributed by atoms with E-state index in [4.69, 9.17) is 22.7 Å². The second kappa shape index (κ2) is 7.69. The van der Waals surface area contributed by atoms with Gasteiger partial charge >= 0.3 is 0 Å². The summed E-state index contributed by atoms with van der Waals surface area (Å²) in [6.07, 6.45) is 2.35. The van der Waals surface area contributed by atoms with Crippen molar-refractivity contribution in [2.24, 2.45) is 0 Å². The van der Waals surface area contributed by atoms with Gasteiger partial charge < -0.3 is 15.5 Å². The minimum absolute atomic E-state index is 0.266. The number of anilines is 2. The molecule has 0 aliphatic carbocycles. The first-order chi connectivity index (χ1) is 13.5. The fourth-order valence-electron chi connectivity index (χ4n) is 3.41. The van der Waals surface area contributed by atoms with E-state index in [9.17, 15) is 0 Å². The zero-order valence-corrected chi connectivity index (χ0v) is 16.5. The van der Waals surface area contributed by atoms with Crippen LogP contribution in [0.1, 0.15) is 5.56 Å². The molecule has 144 valence electrons. The summed E-state index contributed by atoms with van der Waals surface area (Å²) in [6, 6.07) is 11.5. The number of piperazine rings is 1. The molecule has 0 saturated carbocycles. The Labute approximate surface area is 168 Å². The fourth-order valence-corrected chi connectivity index (χ4v) is 3.55. The molecule has 0 amide bonds. The number of fused-ring (bicyclic) bond motifs is 1. The van der Waals surface area contributed by atoms with E-state index < -0.39 is 0 Å². The van der Waals surface area contributed by atoms with Crippen molar-refractivity contribution in [3.8, 4) is 0 Å². The van der Waals surface area contributed by atoms with Crippen LogP contribution in [-0.4, -0.2) is 54.0 Å². The normalized spacial score (nSPS) is 15.1. The van der Waals surface area contributed by atoms with E-state index in [1.807, 2.05) is 18.3 Å². The Bertz CT molecular complexity index is 1030. The summed E-state index contributed by atoms with van der Waals surface area (Å²) < 4.78 is 1.37. The van der Waals surface area contributed by atoms with Crippen LogP contribution in [0.5, 0.6) is 0 Å². The standard InChI is InChI=1S/C20H22ClN7/c1-26-6-8-27(9-7-26)16-12-15-10-14(2-3-17(15)24-13-16)11-20(23)28-19(22)5-4-18(21)25-28/h2-5,10,12-13,22-23H,6-9,11H2,1H3/p+1. The molecule has 1 aliphatic heterocycles. The van der Waals surface area contributed by atoms with Crippen LogP contribution in [0.2, 0.25) is 5.15 Å². The number of hydrogen-bond acceptors (Lipinski definition) is 6. The number of benzene rings is 1. The third kappa shape index (κ3) is 3.90. The zero-order valence-electron chi connectivity index (χ0n) is 15.8. The lowest BCUT2D eigenvalue weighted by Crippen LogP contribution is -2.49. The highest BCUT2D eigenvalue weighted by atomic mass is 35.5. The first kappa shape index (κ1) is 18.6. The fraction of sp³-hybridized carbons (Fsp3) is 0.300. The van der Waals surface area contributed by atoms with Gasteiger partial charge in [-0.05, 0) is 36.9 Å². The van der Waals surface area contributed by atoms with Crippen LogP contribution in [0, 0.1) is 5.41 Å². The van der Waals surface area contributed by atoms with Crippen molar-refractivity contribution >= 4 is 39.8 Å². The highest BCUT2D eigenvalue weighted by Gasteiger charge is 2.16. The summed E-state index contributed by atoms with van der Waals surface area (Å²) in [5.74, 6) is 0.650. The quantitative estimate of drug-likeness (QED) is 0.401. The zero-order chi connectivity index (χ0) is 19.7. The van der Waals surface area contributed by atoms with Crippen molar-refractivity contribution in [2.75, 3.05) is 43.9 Å². The number of nitrogens with two attached hydrogens (primary N) is 1. The number of hydrogen-bond donors (Lipinski definition) is 2. The highest BCUT2D eigenvalue weighted by molar-refractivity contribution is 6.29. The molecule has 1 aromatic carbocycles. The number of rotatable bonds is 3. The van der Waals surface area contributed by atoms with E-state index in [0.29, 0.717) is 17.4 Å². The maximum absolute atomic E-state index is 8.37. The molecule has 1 aliphatic rings. The molecule has 0 unspecified atom stereocenters. The van der Waals surface area contributed by atoms with Gasteiger partial charge in [-0.3, -0.25) is 4.98 Å². The predicted molar refractivity (Wildman–Crippen MR) is 112 cm³/mol. The number of likely N-dealkylation sites (N-methyl/N-ethyl adjacent to an activating group) is 1.